The van der Waals surface area contributed by atoms with Crippen molar-refractivity contribution in [3.05, 3.63) is 68.7 Å². The quantitative estimate of drug-likeness (QED) is 0.228. The molecule has 0 saturated carbocycles. The minimum atomic E-state index is -0.607. The largest absolute Gasteiger partial charge is 0.456 e. The molecule has 0 aliphatic carbocycles. The van der Waals surface area contributed by atoms with E-state index in [1.54, 1.807) is 35.9 Å². The Hall–Kier alpha value is -3.66. The van der Waals surface area contributed by atoms with E-state index < -0.39 is 11.6 Å². The van der Waals surface area contributed by atoms with Gasteiger partial charge in [-0.25, -0.2) is 9.78 Å². The molecule has 0 spiro atoms. The van der Waals surface area contributed by atoms with E-state index in [4.69, 9.17) is 38.9 Å². The molecule has 0 radical (unpaired) electrons. The van der Waals surface area contributed by atoms with Crippen LogP contribution in [0.4, 0.5) is 5.69 Å². The maximum atomic E-state index is 13.5. The van der Waals surface area contributed by atoms with Gasteiger partial charge in [-0.15, -0.1) is 12.8 Å². The lowest BCUT2D eigenvalue weighted by molar-refractivity contribution is 0.00694. The maximum absolute atomic E-state index is 13.5. The minimum Gasteiger partial charge on any atom is -0.456 e. The first-order valence-corrected chi connectivity index (χ1v) is 13.9. The number of quaternary nitrogens is 1. The van der Waals surface area contributed by atoms with Crippen molar-refractivity contribution in [2.24, 2.45) is 7.05 Å². The van der Waals surface area contributed by atoms with E-state index in [0.29, 0.717) is 53.6 Å². The first-order valence-electron chi connectivity index (χ1n) is 13.5. The Kier molecular flexibility index (Phi) is 9.21. The number of terminal acetylenes is 2. The van der Waals surface area contributed by atoms with Crippen LogP contribution in [0.25, 0.3) is 10.9 Å². The zero-order valence-corrected chi connectivity index (χ0v) is 24.8. The molecule has 1 saturated heterocycles. The normalized spacial score (nSPS) is 14.4. The van der Waals surface area contributed by atoms with Gasteiger partial charge in [0.25, 0.3) is 5.56 Å². The number of rotatable bonds is 8. The highest BCUT2D eigenvalue weighted by atomic mass is 35.5. The lowest BCUT2D eigenvalue weighted by atomic mass is 10.1. The molecule has 1 aliphatic rings. The number of ether oxygens (including phenoxy) is 2. The molecule has 0 atom stereocenters. The molecule has 4 rings (SSSR count). The SMILES string of the molecule is C#CC[N+](CC#C)(Cc1cc2c(=O)n(C)c(CN3CCOCC3)nc2cc1Cl)c1ccc(C(=O)OC(C)(C)C)cc1. The number of morpholine rings is 1. The van der Waals surface area contributed by atoms with E-state index in [1.807, 2.05) is 32.9 Å². The zero-order chi connectivity index (χ0) is 29.8. The fourth-order valence-electron chi connectivity index (χ4n) is 4.97. The highest BCUT2D eigenvalue weighted by Gasteiger charge is 2.31. The van der Waals surface area contributed by atoms with Crippen LogP contribution in [0.1, 0.15) is 42.5 Å². The van der Waals surface area contributed by atoms with Gasteiger partial charge in [0.05, 0.1) is 41.2 Å². The number of nitrogens with zero attached hydrogens (tertiary/aromatic N) is 4. The number of halogens is 1. The number of fused-ring (bicyclic) bond motifs is 1. The molecule has 0 N–H and O–H groups in total. The molecular weight excluding hydrogens is 540 g/mol. The van der Waals surface area contributed by atoms with Crippen LogP contribution in [-0.4, -0.2) is 65.4 Å². The van der Waals surface area contributed by atoms with Crippen molar-refractivity contribution < 1.29 is 14.3 Å². The predicted octanol–water partition coefficient (Wildman–Crippen LogP) is 4.15. The lowest BCUT2D eigenvalue weighted by Crippen LogP contribution is -2.49. The molecule has 3 aromatic rings. The fourth-order valence-corrected chi connectivity index (χ4v) is 5.19. The zero-order valence-electron chi connectivity index (χ0n) is 24.1. The molecule has 0 unspecified atom stereocenters. The Morgan fingerprint density at radius 1 is 1.12 bits per heavy atom. The Labute approximate surface area is 246 Å². The summed E-state index contributed by atoms with van der Waals surface area (Å²) < 4.78 is 12.7. The van der Waals surface area contributed by atoms with Gasteiger partial charge in [0.1, 0.15) is 36.7 Å². The Morgan fingerprint density at radius 3 is 2.34 bits per heavy atom. The van der Waals surface area contributed by atoms with Gasteiger partial charge in [-0.1, -0.05) is 11.6 Å². The Bertz CT molecular complexity index is 1550. The summed E-state index contributed by atoms with van der Waals surface area (Å²) in [5.41, 5.74) is 1.75. The van der Waals surface area contributed by atoms with Crippen LogP contribution in [0.3, 0.4) is 0 Å². The summed E-state index contributed by atoms with van der Waals surface area (Å²) in [5, 5.41) is 0.940. The Balaban J connectivity index is 1.71. The number of aromatic nitrogens is 2. The van der Waals surface area contributed by atoms with Crippen LogP contribution >= 0.6 is 11.6 Å². The maximum Gasteiger partial charge on any atom is 0.338 e. The van der Waals surface area contributed by atoms with Crippen LogP contribution in [0.15, 0.2) is 41.2 Å². The van der Waals surface area contributed by atoms with Gasteiger partial charge in [-0.2, -0.15) is 0 Å². The van der Waals surface area contributed by atoms with E-state index >= 15 is 0 Å². The van der Waals surface area contributed by atoms with Crippen molar-refractivity contribution >= 4 is 34.2 Å². The van der Waals surface area contributed by atoms with E-state index in [0.717, 1.165) is 24.3 Å². The summed E-state index contributed by atoms with van der Waals surface area (Å²) in [4.78, 5) is 33.0. The van der Waals surface area contributed by atoms with Crippen molar-refractivity contribution in [3.63, 3.8) is 0 Å². The summed E-state index contributed by atoms with van der Waals surface area (Å²) in [6, 6.07) is 10.6. The van der Waals surface area contributed by atoms with E-state index in [-0.39, 0.29) is 23.1 Å². The second kappa shape index (κ2) is 12.5. The first-order chi connectivity index (χ1) is 19.5. The second-order valence-corrected chi connectivity index (χ2v) is 11.7. The summed E-state index contributed by atoms with van der Waals surface area (Å²) in [7, 11) is 1.74. The molecule has 0 bridgehead atoms. The average Bonchev–Trinajstić information content (AvgIpc) is 2.92. The summed E-state index contributed by atoms with van der Waals surface area (Å²) in [6.07, 6.45) is 11.7. The first kappa shape index (κ1) is 30.3. The number of hydrogen-bond acceptors (Lipinski definition) is 6. The number of benzene rings is 2. The van der Waals surface area contributed by atoms with Crippen LogP contribution in [-0.2, 0) is 29.6 Å². The van der Waals surface area contributed by atoms with Crippen molar-refractivity contribution in [1.82, 2.24) is 18.9 Å². The highest BCUT2D eigenvalue weighted by molar-refractivity contribution is 6.32. The molecule has 1 aliphatic heterocycles. The van der Waals surface area contributed by atoms with Crippen LogP contribution < -0.4 is 10.0 Å². The Morgan fingerprint density at radius 2 is 1.76 bits per heavy atom. The number of esters is 1. The van der Waals surface area contributed by atoms with Crippen LogP contribution in [0.2, 0.25) is 5.02 Å². The van der Waals surface area contributed by atoms with Crippen molar-refractivity contribution in [3.8, 4) is 24.7 Å². The molecule has 214 valence electrons. The predicted molar refractivity (Wildman–Crippen MR) is 163 cm³/mol. The molecule has 41 heavy (non-hydrogen) atoms. The highest BCUT2D eigenvalue weighted by Crippen LogP contribution is 2.31. The van der Waals surface area contributed by atoms with Crippen molar-refractivity contribution in [1.29, 1.82) is 0 Å². The fraction of sp³-hybridized carbons (Fsp3) is 0.406. The van der Waals surface area contributed by atoms with Gasteiger partial charge in [-0.3, -0.25) is 18.7 Å². The molecule has 2 heterocycles. The number of carbonyl (C=O) groups excluding carboxylic acids is 1. The van der Waals surface area contributed by atoms with Gasteiger partial charge < -0.3 is 9.47 Å². The van der Waals surface area contributed by atoms with Gasteiger partial charge in [-0.05, 0) is 56.9 Å². The van der Waals surface area contributed by atoms with E-state index in [2.05, 4.69) is 16.7 Å². The van der Waals surface area contributed by atoms with Crippen LogP contribution in [0, 0.1) is 24.7 Å². The molecule has 9 heteroatoms. The van der Waals surface area contributed by atoms with Gasteiger partial charge in [0, 0.05) is 37.8 Å². The molecule has 8 nitrogen and oxygen atoms in total. The standard InChI is InChI=1S/C32H36ClN4O4/c1-7-15-37(16-8-2,25-11-9-23(10-12-25)31(39)41-32(3,4)5)22-24-19-26-28(20-27(24)33)34-29(35(6)30(26)38)21-36-13-17-40-18-14-36/h1-2,9-12,19-20H,13-18,21-22H2,3-6H3/q+1. The van der Waals surface area contributed by atoms with Crippen molar-refractivity contribution in [2.45, 2.75) is 39.5 Å². The monoisotopic (exact) mass is 575 g/mol. The number of carbonyl (C=O) groups is 1. The molecule has 2 aromatic carbocycles. The topological polar surface area (TPSA) is 73.7 Å². The molecule has 1 fully saturated rings. The van der Waals surface area contributed by atoms with Crippen LogP contribution in [0.5, 0.6) is 0 Å². The summed E-state index contributed by atoms with van der Waals surface area (Å²) in [5.74, 6) is 5.77. The third-order valence-corrected chi connectivity index (χ3v) is 7.47. The van der Waals surface area contributed by atoms with Gasteiger partial charge in [0.2, 0.25) is 0 Å². The average molecular weight is 576 g/mol. The van der Waals surface area contributed by atoms with E-state index in [9.17, 15) is 9.59 Å². The molecule has 0 amide bonds. The summed E-state index contributed by atoms with van der Waals surface area (Å²) in [6.45, 7) is 9.81. The number of hydrogen-bond donors (Lipinski definition) is 0. The molecular formula is C32H36ClN4O4+. The van der Waals surface area contributed by atoms with Crippen molar-refractivity contribution in [2.75, 3.05) is 39.4 Å². The lowest BCUT2D eigenvalue weighted by Gasteiger charge is -2.35. The third-order valence-electron chi connectivity index (χ3n) is 7.12. The molecule has 1 aromatic heterocycles. The van der Waals surface area contributed by atoms with Gasteiger partial charge in [0.15, 0.2) is 0 Å². The van der Waals surface area contributed by atoms with E-state index in [1.165, 1.54) is 0 Å². The second-order valence-electron chi connectivity index (χ2n) is 11.3. The van der Waals surface area contributed by atoms with Gasteiger partial charge >= 0.3 is 5.97 Å². The minimum absolute atomic E-state index is 0.148. The third kappa shape index (κ3) is 6.98. The smallest absolute Gasteiger partial charge is 0.338 e. The summed E-state index contributed by atoms with van der Waals surface area (Å²) >= 11 is 6.81.